The molecule has 0 bridgehead atoms. The van der Waals surface area contributed by atoms with Gasteiger partial charge in [0.15, 0.2) is 5.12 Å². The number of nitriles is 1. The summed E-state index contributed by atoms with van der Waals surface area (Å²) in [4.78, 5) is 39.1. The number of aryl methyl sites for hydroxylation is 1. The molecule has 1 aromatic carbocycles. The molecule has 1 N–H and O–H groups in total. The Bertz CT molecular complexity index is 1350. The van der Waals surface area contributed by atoms with E-state index >= 15 is 0 Å². The summed E-state index contributed by atoms with van der Waals surface area (Å²) in [6.45, 7) is 1.38. The van der Waals surface area contributed by atoms with Crippen molar-refractivity contribution >= 4 is 55.8 Å². The van der Waals surface area contributed by atoms with Crippen molar-refractivity contribution in [2.45, 2.75) is 43.4 Å². The lowest BCUT2D eigenvalue weighted by molar-refractivity contribution is -0.137. The van der Waals surface area contributed by atoms with Crippen molar-refractivity contribution in [2.75, 3.05) is 18.4 Å². The number of aromatic nitrogens is 2. The molecule has 9 heteroatoms. The third-order valence-corrected chi connectivity index (χ3v) is 9.21. The van der Waals surface area contributed by atoms with Gasteiger partial charge in [-0.05, 0) is 55.4 Å². The summed E-state index contributed by atoms with van der Waals surface area (Å²) >= 11 is 2.96. The Morgan fingerprint density at radius 2 is 2.06 bits per heavy atom. The minimum atomic E-state index is -0.00478. The molecule has 3 aliphatic rings. The lowest BCUT2D eigenvalue weighted by Gasteiger charge is -2.33. The van der Waals surface area contributed by atoms with E-state index in [1.54, 1.807) is 17.7 Å². The van der Waals surface area contributed by atoms with Crippen molar-refractivity contribution in [1.82, 2.24) is 14.9 Å². The Balaban J connectivity index is 1.23. The molecule has 1 fully saturated rings. The van der Waals surface area contributed by atoms with Crippen LogP contribution in [0.3, 0.4) is 0 Å². The van der Waals surface area contributed by atoms with E-state index in [9.17, 15) is 9.59 Å². The predicted octanol–water partition coefficient (Wildman–Crippen LogP) is 4.48. The van der Waals surface area contributed by atoms with Gasteiger partial charge < -0.3 is 10.2 Å². The average Bonchev–Trinajstić information content (AvgIpc) is 3.42. The summed E-state index contributed by atoms with van der Waals surface area (Å²) in [7, 11) is 0. The third kappa shape index (κ3) is 3.85. The van der Waals surface area contributed by atoms with E-state index in [1.165, 1.54) is 22.2 Å². The number of carbonyl (C=O) groups excluding carboxylic acids is 2. The topological polar surface area (TPSA) is 99.0 Å². The SMILES string of the molecule is N#CC1CCN(C(=O)C2CCc3c(sc4ncnc(Nc5ccc6c(c5)SC(=O)C6)c34)C2)CC1. The van der Waals surface area contributed by atoms with Gasteiger partial charge in [0.1, 0.15) is 17.0 Å². The minimum Gasteiger partial charge on any atom is -0.342 e. The van der Waals surface area contributed by atoms with Gasteiger partial charge in [0.25, 0.3) is 0 Å². The largest absolute Gasteiger partial charge is 0.342 e. The van der Waals surface area contributed by atoms with Gasteiger partial charge >= 0.3 is 0 Å². The molecule has 0 saturated carbocycles. The number of nitrogens with one attached hydrogen (secondary N) is 1. The predicted molar refractivity (Wildman–Crippen MR) is 132 cm³/mol. The fourth-order valence-electron chi connectivity index (χ4n) is 5.23. The Morgan fingerprint density at radius 3 is 2.88 bits per heavy atom. The second-order valence-corrected chi connectivity index (χ2v) is 11.4. The molecule has 3 aromatic rings. The zero-order valence-electron chi connectivity index (χ0n) is 18.5. The van der Waals surface area contributed by atoms with Crippen molar-refractivity contribution in [3.63, 3.8) is 0 Å². The van der Waals surface area contributed by atoms with Gasteiger partial charge in [-0.1, -0.05) is 17.8 Å². The van der Waals surface area contributed by atoms with Crippen LogP contribution in [0.15, 0.2) is 29.4 Å². The number of hydrogen-bond donors (Lipinski definition) is 1. The molecule has 4 heterocycles. The van der Waals surface area contributed by atoms with Crippen molar-refractivity contribution in [2.24, 2.45) is 11.8 Å². The van der Waals surface area contributed by atoms with Crippen LogP contribution in [-0.4, -0.2) is 39.0 Å². The number of thiophene rings is 1. The maximum atomic E-state index is 13.2. The average molecular weight is 490 g/mol. The highest BCUT2D eigenvalue weighted by molar-refractivity contribution is 8.14. The van der Waals surface area contributed by atoms with E-state index in [0.717, 1.165) is 64.3 Å². The normalized spacial score (nSPS) is 20.1. The third-order valence-electron chi connectivity index (χ3n) is 7.07. The second kappa shape index (κ2) is 8.67. The molecular formula is C25H23N5O2S2. The van der Waals surface area contributed by atoms with E-state index in [-0.39, 0.29) is 22.9 Å². The Labute approximate surface area is 205 Å². The zero-order chi connectivity index (χ0) is 23.2. The first-order valence-electron chi connectivity index (χ1n) is 11.6. The molecule has 34 heavy (non-hydrogen) atoms. The van der Waals surface area contributed by atoms with Gasteiger partial charge in [-0.2, -0.15) is 5.26 Å². The molecule has 1 amide bonds. The van der Waals surface area contributed by atoms with E-state index in [2.05, 4.69) is 21.4 Å². The first-order valence-corrected chi connectivity index (χ1v) is 13.3. The van der Waals surface area contributed by atoms with Crippen LogP contribution in [0.1, 0.15) is 35.3 Å². The van der Waals surface area contributed by atoms with Gasteiger partial charge in [0, 0.05) is 46.8 Å². The van der Waals surface area contributed by atoms with Crippen LogP contribution in [-0.2, 0) is 28.9 Å². The smallest absolute Gasteiger partial charge is 0.226 e. The Hall–Kier alpha value is -2.96. The molecule has 2 aromatic heterocycles. The standard InChI is InChI=1S/C25H23N5O2S2/c26-12-14-5-7-30(8-6-14)25(32)16-2-4-18-20(9-16)34-24-22(18)23(27-13-28-24)29-17-3-1-15-10-21(31)33-19(15)11-17/h1,3,11,13-14,16H,2,4-10H2,(H,27,28,29). The van der Waals surface area contributed by atoms with Crippen molar-refractivity contribution in [1.29, 1.82) is 5.26 Å². The number of nitrogens with zero attached hydrogens (tertiary/aromatic N) is 4. The lowest BCUT2D eigenvalue weighted by atomic mass is 9.86. The summed E-state index contributed by atoms with van der Waals surface area (Å²) in [6, 6.07) is 8.35. The molecule has 1 atom stereocenters. The number of anilines is 2. The Kier molecular flexibility index (Phi) is 5.50. The van der Waals surface area contributed by atoms with Gasteiger partial charge in [0.2, 0.25) is 5.91 Å². The lowest BCUT2D eigenvalue weighted by Crippen LogP contribution is -2.42. The van der Waals surface area contributed by atoms with Crippen molar-refractivity contribution < 1.29 is 9.59 Å². The van der Waals surface area contributed by atoms with Gasteiger partial charge in [-0.15, -0.1) is 11.3 Å². The molecular weight excluding hydrogens is 466 g/mol. The van der Waals surface area contributed by atoms with Gasteiger partial charge in [0.05, 0.1) is 11.5 Å². The highest BCUT2D eigenvalue weighted by atomic mass is 32.2. The molecule has 1 unspecified atom stereocenters. The number of benzene rings is 1. The fraction of sp³-hybridized carbons (Fsp3) is 0.400. The summed E-state index contributed by atoms with van der Waals surface area (Å²) < 4.78 is 0. The summed E-state index contributed by atoms with van der Waals surface area (Å²) in [5, 5.41) is 13.8. The zero-order valence-corrected chi connectivity index (χ0v) is 20.2. The van der Waals surface area contributed by atoms with Crippen LogP contribution in [0.5, 0.6) is 0 Å². The van der Waals surface area contributed by atoms with E-state index in [0.29, 0.717) is 19.5 Å². The number of rotatable bonds is 3. The number of fused-ring (bicyclic) bond motifs is 4. The highest BCUT2D eigenvalue weighted by Crippen LogP contribution is 2.41. The van der Waals surface area contributed by atoms with E-state index in [4.69, 9.17) is 5.26 Å². The monoisotopic (exact) mass is 489 g/mol. The second-order valence-electron chi connectivity index (χ2n) is 9.17. The maximum Gasteiger partial charge on any atom is 0.226 e. The minimum absolute atomic E-state index is 0.00478. The fourth-order valence-corrected chi connectivity index (χ4v) is 7.42. The van der Waals surface area contributed by atoms with Crippen LogP contribution in [0.25, 0.3) is 10.2 Å². The Morgan fingerprint density at radius 1 is 1.21 bits per heavy atom. The van der Waals surface area contributed by atoms with Crippen LogP contribution < -0.4 is 5.32 Å². The number of amides is 1. The van der Waals surface area contributed by atoms with Crippen LogP contribution in [0.4, 0.5) is 11.5 Å². The van der Waals surface area contributed by atoms with Gasteiger partial charge in [-0.3, -0.25) is 9.59 Å². The number of likely N-dealkylation sites (tertiary alicyclic amines) is 1. The van der Waals surface area contributed by atoms with Crippen molar-refractivity contribution in [3.05, 3.63) is 40.5 Å². The van der Waals surface area contributed by atoms with Gasteiger partial charge in [-0.25, -0.2) is 9.97 Å². The summed E-state index contributed by atoms with van der Waals surface area (Å²) in [6.07, 6.45) is 6.03. The molecule has 1 saturated heterocycles. The molecule has 0 radical (unpaired) electrons. The summed E-state index contributed by atoms with van der Waals surface area (Å²) in [5.41, 5.74) is 3.24. The van der Waals surface area contributed by atoms with Crippen LogP contribution in [0.2, 0.25) is 0 Å². The number of thioether (sulfide) groups is 1. The van der Waals surface area contributed by atoms with Crippen LogP contribution >= 0.6 is 23.1 Å². The molecule has 2 aliphatic heterocycles. The molecule has 1 aliphatic carbocycles. The molecule has 172 valence electrons. The van der Waals surface area contributed by atoms with Crippen LogP contribution in [0, 0.1) is 23.2 Å². The quantitative estimate of drug-likeness (QED) is 0.579. The number of piperidine rings is 1. The van der Waals surface area contributed by atoms with E-state index in [1.807, 2.05) is 23.1 Å². The number of hydrogen-bond acceptors (Lipinski definition) is 8. The first kappa shape index (κ1) is 21.6. The van der Waals surface area contributed by atoms with Crippen molar-refractivity contribution in [3.8, 4) is 6.07 Å². The number of carbonyl (C=O) groups is 2. The first-order chi connectivity index (χ1) is 16.6. The molecule has 0 spiro atoms. The molecule has 6 rings (SSSR count). The summed E-state index contributed by atoms with van der Waals surface area (Å²) in [5.74, 6) is 1.09. The molecule has 7 nitrogen and oxygen atoms in total. The maximum absolute atomic E-state index is 13.2. The van der Waals surface area contributed by atoms with E-state index < -0.39 is 0 Å². The highest BCUT2D eigenvalue weighted by Gasteiger charge is 2.33.